The Morgan fingerprint density at radius 2 is 1.81 bits per heavy atom. The van der Waals surface area contributed by atoms with Crippen molar-refractivity contribution in [1.82, 2.24) is 5.32 Å². The Balaban J connectivity index is 1.85. The molecule has 0 aromatic heterocycles. The highest BCUT2D eigenvalue weighted by Gasteiger charge is 2.23. The third-order valence-electron chi connectivity index (χ3n) is 4.61. The average molecular weight is 376 g/mol. The number of carbonyl (C=O) groups is 3. The smallest absolute Gasteiger partial charge is 0.305 e. The van der Waals surface area contributed by atoms with Crippen molar-refractivity contribution in [3.05, 3.63) is 29.8 Å². The van der Waals surface area contributed by atoms with Gasteiger partial charge in [0, 0.05) is 17.8 Å². The van der Waals surface area contributed by atoms with Gasteiger partial charge < -0.3 is 20.5 Å². The van der Waals surface area contributed by atoms with Crippen molar-refractivity contribution in [3.8, 4) is 0 Å². The zero-order valence-electron chi connectivity index (χ0n) is 15.7. The van der Waals surface area contributed by atoms with E-state index in [1.165, 1.54) is 6.42 Å². The SMILES string of the molecule is CCC(OC1CCCCC1)C(=O)Nc1ccc(C(=O)NCCC(=O)O)cc1. The second-order valence-corrected chi connectivity index (χ2v) is 6.76. The molecule has 7 heteroatoms. The number of benzene rings is 1. The molecule has 0 bridgehead atoms. The van der Waals surface area contributed by atoms with Crippen molar-refractivity contribution >= 4 is 23.5 Å². The minimum atomic E-state index is -0.964. The second-order valence-electron chi connectivity index (χ2n) is 6.76. The Morgan fingerprint density at radius 3 is 2.41 bits per heavy atom. The molecular formula is C20H28N2O5. The van der Waals surface area contributed by atoms with Crippen LogP contribution in [-0.4, -0.2) is 41.6 Å². The number of amides is 2. The summed E-state index contributed by atoms with van der Waals surface area (Å²) in [5.74, 6) is -1.49. The number of aliphatic carboxylic acids is 1. The predicted octanol–water partition coefficient (Wildman–Crippen LogP) is 2.96. The van der Waals surface area contributed by atoms with Gasteiger partial charge in [-0.25, -0.2) is 0 Å². The lowest BCUT2D eigenvalue weighted by Crippen LogP contribution is -2.34. The van der Waals surface area contributed by atoms with Gasteiger partial charge in [0.15, 0.2) is 0 Å². The Labute approximate surface area is 159 Å². The van der Waals surface area contributed by atoms with Gasteiger partial charge in [-0.2, -0.15) is 0 Å². The van der Waals surface area contributed by atoms with Gasteiger partial charge >= 0.3 is 5.97 Å². The van der Waals surface area contributed by atoms with E-state index in [9.17, 15) is 14.4 Å². The Morgan fingerprint density at radius 1 is 1.15 bits per heavy atom. The highest BCUT2D eigenvalue weighted by Crippen LogP contribution is 2.22. The third-order valence-corrected chi connectivity index (χ3v) is 4.61. The minimum absolute atomic E-state index is 0.0728. The molecule has 0 heterocycles. The lowest BCUT2D eigenvalue weighted by molar-refractivity contribution is -0.136. The summed E-state index contributed by atoms with van der Waals surface area (Å²) in [6, 6.07) is 6.48. The lowest BCUT2D eigenvalue weighted by Gasteiger charge is -2.26. The second kappa shape index (κ2) is 10.7. The van der Waals surface area contributed by atoms with E-state index in [1.54, 1.807) is 24.3 Å². The van der Waals surface area contributed by atoms with E-state index in [2.05, 4.69) is 10.6 Å². The van der Waals surface area contributed by atoms with Gasteiger partial charge in [-0.05, 0) is 43.5 Å². The number of ether oxygens (including phenoxy) is 1. The van der Waals surface area contributed by atoms with Gasteiger partial charge in [0.05, 0.1) is 12.5 Å². The van der Waals surface area contributed by atoms with Crippen LogP contribution in [0.4, 0.5) is 5.69 Å². The third kappa shape index (κ3) is 7.02. The summed E-state index contributed by atoms with van der Waals surface area (Å²) in [5.41, 5.74) is 0.997. The zero-order valence-corrected chi connectivity index (χ0v) is 15.7. The highest BCUT2D eigenvalue weighted by atomic mass is 16.5. The number of hydrogen-bond donors (Lipinski definition) is 3. The van der Waals surface area contributed by atoms with Crippen LogP contribution in [0.25, 0.3) is 0 Å². The number of rotatable bonds is 9. The molecule has 1 atom stereocenters. The van der Waals surface area contributed by atoms with E-state index in [4.69, 9.17) is 9.84 Å². The van der Waals surface area contributed by atoms with Crippen LogP contribution in [0.15, 0.2) is 24.3 Å². The molecule has 0 spiro atoms. The first-order valence-electron chi connectivity index (χ1n) is 9.56. The fourth-order valence-corrected chi connectivity index (χ4v) is 3.09. The maximum absolute atomic E-state index is 12.5. The fraction of sp³-hybridized carbons (Fsp3) is 0.550. The van der Waals surface area contributed by atoms with Crippen molar-refractivity contribution in [2.75, 3.05) is 11.9 Å². The topological polar surface area (TPSA) is 105 Å². The van der Waals surface area contributed by atoms with Gasteiger partial charge in [-0.3, -0.25) is 14.4 Å². The van der Waals surface area contributed by atoms with Gasteiger partial charge in [-0.1, -0.05) is 26.2 Å². The molecule has 27 heavy (non-hydrogen) atoms. The molecule has 1 fully saturated rings. The average Bonchev–Trinajstić information content (AvgIpc) is 2.67. The molecule has 148 valence electrons. The molecule has 7 nitrogen and oxygen atoms in total. The van der Waals surface area contributed by atoms with Crippen molar-refractivity contribution in [1.29, 1.82) is 0 Å². The van der Waals surface area contributed by atoms with Crippen LogP contribution in [0.1, 0.15) is 62.2 Å². The van der Waals surface area contributed by atoms with E-state index in [-0.39, 0.29) is 30.9 Å². The van der Waals surface area contributed by atoms with E-state index in [1.807, 2.05) is 6.92 Å². The lowest BCUT2D eigenvalue weighted by atomic mass is 9.97. The molecule has 2 amide bonds. The highest BCUT2D eigenvalue weighted by molar-refractivity contribution is 5.97. The number of carboxylic acids is 1. The molecule has 3 N–H and O–H groups in total. The molecule has 1 aromatic rings. The molecule has 1 aromatic carbocycles. The summed E-state index contributed by atoms with van der Waals surface area (Å²) < 4.78 is 5.98. The van der Waals surface area contributed by atoms with Crippen LogP contribution in [0.2, 0.25) is 0 Å². The first-order valence-corrected chi connectivity index (χ1v) is 9.56. The van der Waals surface area contributed by atoms with Crippen LogP contribution >= 0.6 is 0 Å². The van der Waals surface area contributed by atoms with Crippen molar-refractivity contribution in [2.45, 2.75) is 64.1 Å². The predicted molar refractivity (Wildman–Crippen MR) is 102 cm³/mol. The quantitative estimate of drug-likeness (QED) is 0.615. The van der Waals surface area contributed by atoms with Gasteiger partial charge in [-0.15, -0.1) is 0 Å². The van der Waals surface area contributed by atoms with E-state index < -0.39 is 12.1 Å². The Kier molecular flexibility index (Phi) is 8.26. The van der Waals surface area contributed by atoms with Crippen LogP contribution < -0.4 is 10.6 Å². The maximum atomic E-state index is 12.5. The van der Waals surface area contributed by atoms with Crippen LogP contribution in [0.5, 0.6) is 0 Å². The van der Waals surface area contributed by atoms with Crippen molar-refractivity contribution < 1.29 is 24.2 Å². The number of carboxylic acid groups (broad SMARTS) is 1. The molecule has 0 radical (unpaired) electrons. The number of hydrogen-bond acceptors (Lipinski definition) is 4. The Bertz CT molecular complexity index is 638. The van der Waals surface area contributed by atoms with E-state index in [0.29, 0.717) is 17.7 Å². The maximum Gasteiger partial charge on any atom is 0.305 e. The van der Waals surface area contributed by atoms with Crippen LogP contribution in [0, 0.1) is 0 Å². The molecule has 1 aliphatic carbocycles. The minimum Gasteiger partial charge on any atom is -0.481 e. The first kappa shape index (κ1) is 20.9. The number of anilines is 1. The molecule has 2 rings (SSSR count). The number of carbonyl (C=O) groups excluding carboxylic acids is 2. The molecule has 1 aliphatic rings. The summed E-state index contributed by atoms with van der Waals surface area (Å²) in [6.45, 7) is 2.00. The van der Waals surface area contributed by atoms with Crippen molar-refractivity contribution in [2.24, 2.45) is 0 Å². The molecular weight excluding hydrogens is 348 g/mol. The van der Waals surface area contributed by atoms with Gasteiger partial charge in [0.25, 0.3) is 11.8 Å². The largest absolute Gasteiger partial charge is 0.481 e. The summed E-state index contributed by atoms with van der Waals surface area (Å²) in [6.07, 6.45) is 5.71. The summed E-state index contributed by atoms with van der Waals surface area (Å²) in [5, 5.41) is 14.0. The normalized spacial score (nSPS) is 15.7. The molecule has 1 unspecified atom stereocenters. The fourth-order valence-electron chi connectivity index (χ4n) is 3.09. The molecule has 1 saturated carbocycles. The first-order chi connectivity index (χ1) is 13.0. The van der Waals surface area contributed by atoms with Gasteiger partial charge in [0.2, 0.25) is 0 Å². The molecule has 0 aliphatic heterocycles. The monoisotopic (exact) mass is 376 g/mol. The van der Waals surface area contributed by atoms with Crippen molar-refractivity contribution in [3.63, 3.8) is 0 Å². The summed E-state index contributed by atoms with van der Waals surface area (Å²) >= 11 is 0. The van der Waals surface area contributed by atoms with Crippen LogP contribution in [0.3, 0.4) is 0 Å². The summed E-state index contributed by atoms with van der Waals surface area (Å²) in [4.78, 5) is 34.9. The Hall–Kier alpha value is -2.41. The standard InChI is InChI=1S/C20H28N2O5/c1-2-17(27-16-6-4-3-5-7-16)20(26)22-15-10-8-14(9-11-15)19(25)21-13-12-18(23)24/h8-11,16-17H,2-7,12-13H2,1H3,(H,21,25)(H,22,26)(H,23,24). The van der Waals surface area contributed by atoms with Crippen LogP contribution in [-0.2, 0) is 14.3 Å². The summed E-state index contributed by atoms with van der Waals surface area (Å²) in [7, 11) is 0. The van der Waals surface area contributed by atoms with E-state index in [0.717, 1.165) is 25.7 Å². The number of nitrogens with one attached hydrogen (secondary N) is 2. The van der Waals surface area contributed by atoms with Gasteiger partial charge in [0.1, 0.15) is 6.10 Å². The van der Waals surface area contributed by atoms with E-state index >= 15 is 0 Å². The zero-order chi connectivity index (χ0) is 19.6. The molecule has 0 saturated heterocycles.